The molecule has 1 heterocycles. The minimum absolute atomic E-state index is 0.282. The van der Waals surface area contributed by atoms with Crippen LogP contribution in [0.4, 0.5) is 0 Å². The zero-order chi connectivity index (χ0) is 11.4. The van der Waals surface area contributed by atoms with Gasteiger partial charge in [-0.2, -0.15) is 0 Å². The van der Waals surface area contributed by atoms with Crippen molar-refractivity contribution in [3.8, 4) is 5.75 Å². The van der Waals surface area contributed by atoms with E-state index in [0.29, 0.717) is 5.92 Å². The van der Waals surface area contributed by atoms with Crippen molar-refractivity contribution in [2.45, 2.75) is 44.6 Å². The summed E-state index contributed by atoms with van der Waals surface area (Å²) in [4.78, 5) is 0. The molecule has 2 unspecified atom stereocenters. The van der Waals surface area contributed by atoms with Crippen molar-refractivity contribution in [3.05, 3.63) is 29.8 Å². The van der Waals surface area contributed by atoms with E-state index in [1.165, 1.54) is 18.4 Å². The number of hydrogen-bond donors (Lipinski definition) is 1. The molecule has 0 radical (unpaired) electrons. The molecule has 16 heavy (non-hydrogen) atoms. The molecule has 0 bridgehead atoms. The summed E-state index contributed by atoms with van der Waals surface area (Å²) in [7, 11) is 0. The first-order valence-corrected chi connectivity index (χ1v) is 6.30. The topological polar surface area (TPSA) is 35.2 Å². The van der Waals surface area contributed by atoms with Gasteiger partial charge in [-0.3, -0.25) is 0 Å². The third-order valence-corrected chi connectivity index (χ3v) is 3.41. The molecule has 0 aromatic heterocycles. The van der Waals surface area contributed by atoms with Gasteiger partial charge < -0.3 is 10.5 Å². The summed E-state index contributed by atoms with van der Waals surface area (Å²) in [5, 5.41) is 0. The van der Waals surface area contributed by atoms with E-state index in [2.05, 4.69) is 19.1 Å². The van der Waals surface area contributed by atoms with Gasteiger partial charge in [-0.25, -0.2) is 0 Å². The molecule has 0 fully saturated rings. The highest BCUT2D eigenvalue weighted by Gasteiger charge is 2.25. The summed E-state index contributed by atoms with van der Waals surface area (Å²) in [6.07, 6.45) is 4.62. The van der Waals surface area contributed by atoms with Gasteiger partial charge in [0.25, 0.3) is 0 Å². The Bertz CT molecular complexity index is 337. The van der Waals surface area contributed by atoms with Crippen molar-refractivity contribution in [1.29, 1.82) is 0 Å². The van der Waals surface area contributed by atoms with Crippen LogP contribution in [-0.4, -0.2) is 12.6 Å². The monoisotopic (exact) mass is 219 g/mol. The molecule has 2 heteroatoms. The molecule has 2 nitrogen and oxygen atoms in total. The molecule has 0 spiro atoms. The Morgan fingerprint density at radius 3 is 3.06 bits per heavy atom. The average Bonchev–Trinajstić information content (AvgIpc) is 2.35. The van der Waals surface area contributed by atoms with E-state index in [-0.39, 0.29) is 6.04 Å². The Labute approximate surface area is 97.8 Å². The van der Waals surface area contributed by atoms with E-state index in [4.69, 9.17) is 10.5 Å². The largest absolute Gasteiger partial charge is 0.493 e. The third-order valence-electron chi connectivity index (χ3n) is 3.41. The van der Waals surface area contributed by atoms with Gasteiger partial charge >= 0.3 is 0 Å². The fourth-order valence-electron chi connectivity index (χ4n) is 2.46. The van der Waals surface area contributed by atoms with Crippen LogP contribution in [0.25, 0.3) is 0 Å². The Balaban J connectivity index is 2.12. The highest BCUT2D eigenvalue weighted by molar-refractivity contribution is 5.38. The number of ether oxygens (including phenoxy) is 1. The zero-order valence-corrected chi connectivity index (χ0v) is 9.99. The van der Waals surface area contributed by atoms with Crippen LogP contribution in [0, 0.1) is 0 Å². The molecular weight excluding hydrogens is 198 g/mol. The number of fused-ring (bicyclic) bond motifs is 1. The van der Waals surface area contributed by atoms with E-state index in [9.17, 15) is 0 Å². The lowest BCUT2D eigenvalue weighted by atomic mass is 9.85. The van der Waals surface area contributed by atoms with Gasteiger partial charge in [-0.05, 0) is 24.5 Å². The third kappa shape index (κ3) is 2.38. The van der Waals surface area contributed by atoms with Gasteiger partial charge in [0.15, 0.2) is 0 Å². The first kappa shape index (κ1) is 11.5. The van der Waals surface area contributed by atoms with Crippen molar-refractivity contribution in [3.63, 3.8) is 0 Å². The molecule has 2 rings (SSSR count). The Kier molecular flexibility index (Phi) is 3.83. The van der Waals surface area contributed by atoms with Gasteiger partial charge in [0, 0.05) is 12.0 Å². The lowest BCUT2D eigenvalue weighted by molar-refractivity contribution is 0.252. The molecule has 2 atom stereocenters. The van der Waals surface area contributed by atoms with Gasteiger partial charge in [0.05, 0.1) is 6.61 Å². The summed E-state index contributed by atoms with van der Waals surface area (Å²) in [5.41, 5.74) is 7.60. The minimum Gasteiger partial charge on any atom is -0.493 e. The molecule has 0 amide bonds. The van der Waals surface area contributed by atoms with Gasteiger partial charge in [-0.15, -0.1) is 0 Å². The quantitative estimate of drug-likeness (QED) is 0.844. The Hall–Kier alpha value is -1.02. The first-order valence-electron chi connectivity index (χ1n) is 6.30. The molecule has 0 aliphatic carbocycles. The average molecular weight is 219 g/mol. The summed E-state index contributed by atoms with van der Waals surface area (Å²) in [5.74, 6) is 1.52. The Morgan fingerprint density at radius 1 is 1.44 bits per heavy atom. The van der Waals surface area contributed by atoms with Gasteiger partial charge in [-0.1, -0.05) is 38.0 Å². The summed E-state index contributed by atoms with van der Waals surface area (Å²) in [6.45, 7) is 3.02. The van der Waals surface area contributed by atoms with Crippen LogP contribution in [-0.2, 0) is 0 Å². The second kappa shape index (κ2) is 5.35. The number of para-hydroxylation sites is 1. The predicted octanol–water partition coefficient (Wildman–Crippen LogP) is 3.07. The van der Waals surface area contributed by atoms with Crippen LogP contribution >= 0.6 is 0 Å². The molecule has 2 N–H and O–H groups in total. The van der Waals surface area contributed by atoms with Gasteiger partial charge in [0.1, 0.15) is 5.75 Å². The molecule has 0 saturated heterocycles. The fraction of sp³-hybridized carbons (Fsp3) is 0.571. The number of nitrogens with two attached hydrogens (primary N) is 1. The number of hydrogen-bond acceptors (Lipinski definition) is 2. The lowest BCUT2D eigenvalue weighted by Crippen LogP contribution is -2.32. The van der Waals surface area contributed by atoms with Crippen LogP contribution in [0.1, 0.15) is 44.1 Å². The maximum absolute atomic E-state index is 6.29. The summed E-state index contributed by atoms with van der Waals surface area (Å²) >= 11 is 0. The first-order chi connectivity index (χ1) is 7.83. The van der Waals surface area contributed by atoms with Gasteiger partial charge in [0.2, 0.25) is 0 Å². The predicted molar refractivity (Wildman–Crippen MR) is 66.8 cm³/mol. The number of rotatable bonds is 4. The van der Waals surface area contributed by atoms with Crippen molar-refractivity contribution in [2.24, 2.45) is 5.73 Å². The Morgan fingerprint density at radius 2 is 2.25 bits per heavy atom. The molecule has 1 aliphatic heterocycles. The highest BCUT2D eigenvalue weighted by atomic mass is 16.5. The number of benzene rings is 1. The molecular formula is C14H21NO. The van der Waals surface area contributed by atoms with E-state index >= 15 is 0 Å². The van der Waals surface area contributed by atoms with Crippen molar-refractivity contribution in [2.75, 3.05) is 6.61 Å². The molecule has 0 saturated carbocycles. The number of unbranched alkanes of at least 4 members (excludes halogenated alkanes) is 1. The molecule has 88 valence electrons. The normalized spacial score (nSPS) is 21.0. The van der Waals surface area contributed by atoms with Crippen LogP contribution < -0.4 is 10.5 Å². The standard InChI is InChI=1S/C14H21NO/c1-2-3-7-13(15)11-9-10-16-14-8-5-4-6-12(11)14/h4-6,8,11,13H,2-3,7,9-10,15H2,1H3. The lowest BCUT2D eigenvalue weighted by Gasteiger charge is -2.30. The van der Waals surface area contributed by atoms with Crippen LogP contribution in [0.15, 0.2) is 24.3 Å². The van der Waals surface area contributed by atoms with E-state index in [1.807, 2.05) is 12.1 Å². The second-order valence-corrected chi connectivity index (χ2v) is 4.59. The minimum atomic E-state index is 0.282. The van der Waals surface area contributed by atoms with Crippen molar-refractivity contribution in [1.82, 2.24) is 0 Å². The smallest absolute Gasteiger partial charge is 0.122 e. The second-order valence-electron chi connectivity index (χ2n) is 4.59. The SMILES string of the molecule is CCCCC(N)C1CCOc2ccccc21. The van der Waals surface area contributed by atoms with Crippen molar-refractivity contribution >= 4 is 0 Å². The van der Waals surface area contributed by atoms with E-state index in [1.54, 1.807) is 0 Å². The maximum atomic E-state index is 6.29. The van der Waals surface area contributed by atoms with Crippen LogP contribution in [0.3, 0.4) is 0 Å². The van der Waals surface area contributed by atoms with Crippen LogP contribution in [0.2, 0.25) is 0 Å². The van der Waals surface area contributed by atoms with E-state index < -0.39 is 0 Å². The highest BCUT2D eigenvalue weighted by Crippen LogP contribution is 2.35. The van der Waals surface area contributed by atoms with Crippen molar-refractivity contribution < 1.29 is 4.74 Å². The zero-order valence-electron chi connectivity index (χ0n) is 9.99. The van der Waals surface area contributed by atoms with Crippen LogP contribution in [0.5, 0.6) is 5.75 Å². The van der Waals surface area contributed by atoms with E-state index in [0.717, 1.165) is 25.2 Å². The molecule has 1 aliphatic rings. The summed E-state index contributed by atoms with van der Waals surface area (Å²) in [6, 6.07) is 8.59. The molecule has 1 aromatic rings. The molecule has 1 aromatic carbocycles. The summed E-state index contributed by atoms with van der Waals surface area (Å²) < 4.78 is 5.65. The maximum Gasteiger partial charge on any atom is 0.122 e. The fourth-order valence-corrected chi connectivity index (χ4v) is 2.46.